The van der Waals surface area contributed by atoms with E-state index in [0.717, 1.165) is 10.7 Å². The second kappa shape index (κ2) is 6.51. The molecule has 1 fully saturated rings. The van der Waals surface area contributed by atoms with Crippen molar-refractivity contribution in [2.24, 2.45) is 0 Å². The highest BCUT2D eigenvalue weighted by atomic mass is 32.2. The maximum atomic E-state index is 4.63. The molecule has 0 aromatic heterocycles. The van der Waals surface area contributed by atoms with Crippen LogP contribution in [0.2, 0.25) is 0 Å². The van der Waals surface area contributed by atoms with Gasteiger partial charge in [0.15, 0.2) is 0 Å². The van der Waals surface area contributed by atoms with Gasteiger partial charge in [0.25, 0.3) is 0 Å². The molecule has 0 spiro atoms. The van der Waals surface area contributed by atoms with Crippen molar-refractivity contribution < 1.29 is 0 Å². The Labute approximate surface area is 123 Å². The van der Waals surface area contributed by atoms with E-state index in [1.807, 2.05) is 36.4 Å². The third-order valence-electron chi connectivity index (χ3n) is 2.52. The fourth-order valence-electron chi connectivity index (χ4n) is 1.66. The first kappa shape index (κ1) is 13.1. The molecule has 1 aliphatic rings. The molecule has 2 aromatic carbocycles. The van der Waals surface area contributed by atoms with Gasteiger partial charge in [0.05, 0.1) is 0 Å². The highest BCUT2D eigenvalue weighted by molar-refractivity contribution is 8.03. The van der Waals surface area contributed by atoms with Crippen LogP contribution in [0.4, 0.5) is 0 Å². The molecule has 1 aliphatic heterocycles. The first-order valence-electron chi connectivity index (χ1n) is 6.00. The molecule has 3 heteroatoms. The van der Waals surface area contributed by atoms with E-state index in [9.17, 15) is 0 Å². The summed E-state index contributed by atoms with van der Waals surface area (Å²) in [4.78, 5) is 2.44. The number of benzene rings is 2. The Balaban J connectivity index is 1.53. The van der Waals surface area contributed by atoms with Gasteiger partial charge in [-0.05, 0) is 24.3 Å². The molecule has 93 valence electrons. The normalized spacial score (nSPS) is 16.8. The minimum atomic E-state index is 1.05. The van der Waals surface area contributed by atoms with Crippen LogP contribution in [0.1, 0.15) is 0 Å². The Kier molecular flexibility index (Phi) is 4.49. The van der Waals surface area contributed by atoms with E-state index in [-0.39, 0.29) is 0 Å². The summed E-state index contributed by atoms with van der Waals surface area (Å²) < 4.78 is 0. The van der Waals surface area contributed by atoms with E-state index in [2.05, 4.69) is 42.4 Å². The lowest BCUT2D eigenvalue weighted by atomic mass is 10.4. The predicted octanol–water partition coefficient (Wildman–Crippen LogP) is 4.58. The standard InChI is InChI=1S/C16H12NS2/c1-3-7-13(8-4-1)18-15-11-12-16(17-15)19-14-9-5-2-6-10-14/h1-12H. The molecule has 0 aliphatic carbocycles. The molecule has 0 amide bonds. The number of rotatable bonds is 4. The molecule has 0 saturated carbocycles. The molecule has 0 atom stereocenters. The first-order valence-corrected chi connectivity index (χ1v) is 7.63. The maximum Gasteiger partial charge on any atom is 0.120 e. The quantitative estimate of drug-likeness (QED) is 0.815. The van der Waals surface area contributed by atoms with Crippen LogP contribution in [-0.2, 0) is 0 Å². The Morgan fingerprint density at radius 2 is 1.00 bits per heavy atom. The van der Waals surface area contributed by atoms with Gasteiger partial charge in [0.2, 0.25) is 0 Å². The van der Waals surface area contributed by atoms with Crippen molar-refractivity contribution in [2.45, 2.75) is 9.79 Å². The van der Waals surface area contributed by atoms with Crippen LogP contribution < -0.4 is 5.32 Å². The lowest BCUT2D eigenvalue weighted by molar-refractivity contribution is 0.998. The molecule has 1 nitrogen and oxygen atoms in total. The van der Waals surface area contributed by atoms with Gasteiger partial charge in [-0.2, -0.15) is 5.32 Å². The zero-order valence-corrected chi connectivity index (χ0v) is 11.8. The molecule has 3 rings (SSSR count). The molecule has 1 heterocycles. The highest BCUT2D eigenvalue weighted by Crippen LogP contribution is 2.43. The van der Waals surface area contributed by atoms with Gasteiger partial charge in [-0.1, -0.05) is 59.9 Å². The fraction of sp³-hybridized carbons (Fsp3) is 0. The summed E-state index contributed by atoms with van der Waals surface area (Å²) >= 11 is 3.39. The molecule has 1 saturated heterocycles. The summed E-state index contributed by atoms with van der Waals surface area (Å²) in [6.07, 6.45) is 4.14. The average molecular weight is 282 g/mol. The SMILES string of the molecule is [CH]1[CH][C](Sc2ccccc2)[N][C]1Sc1ccccc1. The van der Waals surface area contributed by atoms with Crippen molar-refractivity contribution in [1.29, 1.82) is 0 Å². The fourth-order valence-corrected chi connectivity index (χ4v) is 3.35. The van der Waals surface area contributed by atoms with Crippen molar-refractivity contribution in [2.75, 3.05) is 0 Å². The zero-order chi connectivity index (χ0) is 12.9. The van der Waals surface area contributed by atoms with Gasteiger partial charge in [-0.3, -0.25) is 0 Å². The molecule has 0 N–H and O–H groups in total. The van der Waals surface area contributed by atoms with Gasteiger partial charge in [0.1, 0.15) is 10.7 Å². The van der Waals surface area contributed by atoms with Gasteiger partial charge in [0, 0.05) is 22.6 Å². The number of hydrogen-bond donors (Lipinski definition) is 0. The maximum absolute atomic E-state index is 4.63. The molecule has 5 radical (unpaired) electrons. The highest BCUT2D eigenvalue weighted by Gasteiger charge is 2.29. The Morgan fingerprint density at radius 1 is 0.579 bits per heavy atom. The number of hydrogen-bond acceptors (Lipinski definition) is 2. The number of thioether (sulfide) groups is 2. The van der Waals surface area contributed by atoms with E-state index in [4.69, 9.17) is 0 Å². The third kappa shape index (κ3) is 3.78. The second-order valence-electron chi connectivity index (χ2n) is 3.95. The van der Waals surface area contributed by atoms with E-state index in [0.29, 0.717) is 0 Å². The Bertz CT molecular complexity index is 453. The molecule has 19 heavy (non-hydrogen) atoms. The zero-order valence-electron chi connectivity index (χ0n) is 10.2. The van der Waals surface area contributed by atoms with Gasteiger partial charge in [-0.15, -0.1) is 0 Å². The largest absolute Gasteiger partial charge is 0.200 e. The van der Waals surface area contributed by atoms with Crippen LogP contribution in [0.3, 0.4) is 0 Å². The van der Waals surface area contributed by atoms with E-state index < -0.39 is 0 Å². The van der Waals surface area contributed by atoms with Crippen LogP contribution in [0.25, 0.3) is 0 Å². The van der Waals surface area contributed by atoms with Crippen LogP contribution in [-0.4, -0.2) is 0 Å². The van der Waals surface area contributed by atoms with Crippen molar-refractivity contribution in [3.05, 3.63) is 84.3 Å². The lowest BCUT2D eigenvalue weighted by Gasteiger charge is -2.09. The van der Waals surface area contributed by atoms with Gasteiger partial charge >= 0.3 is 0 Å². The lowest BCUT2D eigenvalue weighted by Crippen LogP contribution is -2.03. The van der Waals surface area contributed by atoms with Crippen LogP contribution in [0, 0.1) is 23.6 Å². The minimum absolute atomic E-state index is 1.05. The Morgan fingerprint density at radius 3 is 1.42 bits per heavy atom. The molecular formula is C16H12NS2. The summed E-state index contributed by atoms with van der Waals surface area (Å²) in [6, 6.07) is 20.6. The summed E-state index contributed by atoms with van der Waals surface area (Å²) in [5, 5.41) is 6.72. The van der Waals surface area contributed by atoms with Crippen LogP contribution in [0.15, 0.2) is 70.5 Å². The topological polar surface area (TPSA) is 14.1 Å². The summed E-state index contributed by atoms with van der Waals surface area (Å²) in [5.74, 6) is 0. The van der Waals surface area contributed by atoms with E-state index >= 15 is 0 Å². The average Bonchev–Trinajstić information content (AvgIpc) is 2.88. The monoisotopic (exact) mass is 282 g/mol. The minimum Gasteiger partial charge on any atom is -0.200 e. The van der Waals surface area contributed by atoms with Gasteiger partial charge in [-0.25, -0.2) is 0 Å². The molecule has 0 unspecified atom stereocenters. The summed E-state index contributed by atoms with van der Waals surface area (Å²) in [6.45, 7) is 0. The third-order valence-corrected chi connectivity index (χ3v) is 4.41. The smallest absolute Gasteiger partial charge is 0.120 e. The predicted molar refractivity (Wildman–Crippen MR) is 81.8 cm³/mol. The van der Waals surface area contributed by atoms with Crippen molar-refractivity contribution in [3.8, 4) is 0 Å². The van der Waals surface area contributed by atoms with Crippen molar-refractivity contribution in [1.82, 2.24) is 5.32 Å². The van der Waals surface area contributed by atoms with Crippen LogP contribution in [0.5, 0.6) is 0 Å². The van der Waals surface area contributed by atoms with Crippen molar-refractivity contribution in [3.63, 3.8) is 0 Å². The molecule has 0 bridgehead atoms. The number of nitrogens with zero attached hydrogens (tertiary/aromatic N) is 1. The van der Waals surface area contributed by atoms with Crippen LogP contribution >= 0.6 is 23.5 Å². The Hall–Kier alpha value is -0.900. The second-order valence-corrected chi connectivity index (χ2v) is 6.14. The first-order chi connectivity index (χ1) is 9.40. The molecule has 2 aromatic rings. The van der Waals surface area contributed by atoms with Gasteiger partial charge < -0.3 is 0 Å². The summed E-state index contributed by atoms with van der Waals surface area (Å²) in [5.41, 5.74) is 0. The van der Waals surface area contributed by atoms with E-state index in [1.165, 1.54) is 9.79 Å². The van der Waals surface area contributed by atoms with E-state index in [1.54, 1.807) is 23.5 Å². The van der Waals surface area contributed by atoms with Crippen molar-refractivity contribution >= 4 is 23.5 Å². The molecular weight excluding hydrogens is 270 g/mol. The summed E-state index contributed by atoms with van der Waals surface area (Å²) in [7, 11) is 0.